The number of tetrazole rings is 1. The van der Waals surface area contributed by atoms with E-state index in [0.717, 1.165) is 11.3 Å². The molecule has 1 aromatic carbocycles. The number of aromatic nitrogens is 5. The fourth-order valence-corrected chi connectivity index (χ4v) is 2.88. The average Bonchev–Trinajstić information content (AvgIpc) is 3.10. The minimum Gasteiger partial charge on any atom is -0.326 e. The number of rotatable bonds is 3. The minimum absolute atomic E-state index is 0.209. The third-order valence-electron chi connectivity index (χ3n) is 4.01. The van der Waals surface area contributed by atoms with Crippen molar-refractivity contribution in [2.24, 2.45) is 0 Å². The number of nitrogens with one attached hydrogen (secondary N) is 2. The van der Waals surface area contributed by atoms with Crippen LogP contribution in [0, 0.1) is 0 Å². The maximum absolute atomic E-state index is 13.0. The zero-order valence-corrected chi connectivity index (χ0v) is 13.4. The first-order valence-electron chi connectivity index (χ1n) is 7.76. The Kier molecular flexibility index (Phi) is 3.70. The van der Waals surface area contributed by atoms with E-state index in [9.17, 15) is 4.79 Å². The first-order chi connectivity index (χ1) is 12.2. The van der Waals surface area contributed by atoms with Crippen LogP contribution >= 0.6 is 0 Å². The number of carbonyl (C=O) groups is 1. The number of anilines is 2. The topological polar surface area (TPSA) is 97.6 Å². The van der Waals surface area contributed by atoms with Gasteiger partial charge in [0.1, 0.15) is 6.04 Å². The van der Waals surface area contributed by atoms with Gasteiger partial charge in [0.15, 0.2) is 0 Å². The van der Waals surface area contributed by atoms with E-state index in [2.05, 4.69) is 31.1 Å². The molecule has 4 rings (SSSR count). The first kappa shape index (κ1) is 15.0. The molecule has 25 heavy (non-hydrogen) atoms. The number of pyridine rings is 1. The van der Waals surface area contributed by atoms with Crippen molar-refractivity contribution < 1.29 is 4.79 Å². The van der Waals surface area contributed by atoms with Crippen LogP contribution in [-0.4, -0.2) is 31.1 Å². The van der Waals surface area contributed by atoms with Gasteiger partial charge < -0.3 is 10.6 Å². The van der Waals surface area contributed by atoms with E-state index in [1.54, 1.807) is 17.1 Å². The van der Waals surface area contributed by atoms with Gasteiger partial charge in [-0.25, -0.2) is 0 Å². The first-order valence-corrected chi connectivity index (χ1v) is 7.76. The summed E-state index contributed by atoms with van der Waals surface area (Å²) in [5.41, 5.74) is 2.86. The normalized spacial score (nSPS) is 16.1. The molecule has 0 unspecified atom stereocenters. The van der Waals surface area contributed by atoms with E-state index < -0.39 is 6.04 Å². The number of nitrogens with zero attached hydrogens (tertiary/aromatic N) is 5. The van der Waals surface area contributed by atoms with E-state index in [1.807, 2.05) is 49.4 Å². The number of carbonyl (C=O) groups excluding carboxylic acids is 1. The fraction of sp³-hybridized carbons (Fsp3) is 0.118. The molecule has 0 aliphatic carbocycles. The van der Waals surface area contributed by atoms with Crippen LogP contribution in [0.5, 0.6) is 0 Å². The number of hydrogen-bond donors (Lipinski definition) is 2. The highest BCUT2D eigenvalue weighted by Gasteiger charge is 2.33. The molecule has 0 radical (unpaired) electrons. The second-order valence-corrected chi connectivity index (χ2v) is 5.61. The highest BCUT2D eigenvalue weighted by Crippen LogP contribution is 2.34. The standard InChI is InChI=1S/C17H15N7O/c1-11-14(16(25)20-13-5-3-2-4-6-13)15(12-7-9-18-10-8-12)24-17(19-11)21-22-23-24/h2-10,15H,1H3,(H,20,25)(H,19,21,23)/t15-/m1/s1. The van der Waals surface area contributed by atoms with Gasteiger partial charge in [-0.05, 0) is 47.2 Å². The summed E-state index contributed by atoms with van der Waals surface area (Å²) in [6.45, 7) is 1.84. The predicted molar refractivity (Wildman–Crippen MR) is 91.6 cm³/mol. The number of amides is 1. The van der Waals surface area contributed by atoms with Crippen LogP contribution in [0.1, 0.15) is 18.5 Å². The lowest BCUT2D eigenvalue weighted by atomic mass is 9.96. The number of benzene rings is 1. The Balaban J connectivity index is 1.77. The maximum atomic E-state index is 13.0. The van der Waals surface area contributed by atoms with E-state index in [-0.39, 0.29) is 5.91 Å². The summed E-state index contributed by atoms with van der Waals surface area (Å²) >= 11 is 0. The van der Waals surface area contributed by atoms with Crippen LogP contribution in [-0.2, 0) is 4.79 Å². The summed E-state index contributed by atoms with van der Waals surface area (Å²) in [6, 6.07) is 12.6. The molecule has 0 bridgehead atoms. The van der Waals surface area contributed by atoms with Crippen LogP contribution in [0.4, 0.5) is 11.6 Å². The molecule has 2 aromatic heterocycles. The number of fused-ring (bicyclic) bond motifs is 1. The number of hydrogen-bond acceptors (Lipinski definition) is 6. The summed E-state index contributed by atoms with van der Waals surface area (Å²) < 4.78 is 1.60. The average molecular weight is 333 g/mol. The highest BCUT2D eigenvalue weighted by atomic mass is 16.1. The van der Waals surface area contributed by atoms with Crippen molar-refractivity contribution in [1.29, 1.82) is 0 Å². The van der Waals surface area contributed by atoms with Crippen molar-refractivity contribution in [3.8, 4) is 0 Å². The third-order valence-corrected chi connectivity index (χ3v) is 4.01. The van der Waals surface area contributed by atoms with Crippen LogP contribution in [0.15, 0.2) is 66.1 Å². The summed E-state index contributed by atoms with van der Waals surface area (Å²) in [5.74, 6) is 0.287. The summed E-state index contributed by atoms with van der Waals surface area (Å²) in [4.78, 5) is 17.0. The smallest absolute Gasteiger partial charge is 0.255 e. The highest BCUT2D eigenvalue weighted by molar-refractivity contribution is 6.05. The van der Waals surface area contributed by atoms with Crippen molar-refractivity contribution >= 4 is 17.5 Å². The minimum atomic E-state index is -0.432. The Morgan fingerprint density at radius 2 is 1.92 bits per heavy atom. The van der Waals surface area contributed by atoms with Crippen molar-refractivity contribution in [2.75, 3.05) is 10.6 Å². The monoisotopic (exact) mass is 333 g/mol. The Hall–Kier alpha value is -3.55. The van der Waals surface area contributed by atoms with E-state index in [0.29, 0.717) is 17.2 Å². The summed E-state index contributed by atoms with van der Waals surface area (Å²) in [6.07, 6.45) is 3.37. The number of para-hydroxylation sites is 1. The zero-order chi connectivity index (χ0) is 17.2. The Bertz CT molecular complexity index is 934. The van der Waals surface area contributed by atoms with Crippen molar-refractivity contribution in [2.45, 2.75) is 13.0 Å². The maximum Gasteiger partial charge on any atom is 0.255 e. The van der Waals surface area contributed by atoms with Gasteiger partial charge in [0.2, 0.25) is 5.95 Å². The molecule has 8 nitrogen and oxygen atoms in total. The molecular weight excluding hydrogens is 318 g/mol. The van der Waals surface area contributed by atoms with Crippen LogP contribution in [0.2, 0.25) is 0 Å². The Morgan fingerprint density at radius 1 is 1.16 bits per heavy atom. The Labute approximate surface area is 143 Å². The molecular formula is C17H15N7O. The third kappa shape index (κ3) is 2.74. The molecule has 8 heteroatoms. The second kappa shape index (κ2) is 6.16. The van der Waals surface area contributed by atoms with E-state index in [1.165, 1.54) is 0 Å². The van der Waals surface area contributed by atoms with Gasteiger partial charge in [0.25, 0.3) is 5.91 Å². The second-order valence-electron chi connectivity index (χ2n) is 5.61. The van der Waals surface area contributed by atoms with E-state index >= 15 is 0 Å². The molecule has 124 valence electrons. The predicted octanol–water partition coefficient (Wildman–Crippen LogP) is 2.00. The quantitative estimate of drug-likeness (QED) is 0.761. The lowest BCUT2D eigenvalue weighted by Gasteiger charge is -2.27. The van der Waals surface area contributed by atoms with Crippen molar-refractivity contribution in [3.63, 3.8) is 0 Å². The molecule has 0 spiro atoms. The zero-order valence-electron chi connectivity index (χ0n) is 13.4. The van der Waals surface area contributed by atoms with E-state index in [4.69, 9.17) is 0 Å². The SMILES string of the molecule is CC1=C(C(=O)Nc2ccccc2)[C@@H](c2ccncc2)n2nnnc2N1. The lowest BCUT2D eigenvalue weighted by Crippen LogP contribution is -2.31. The molecule has 1 aliphatic rings. The van der Waals surface area contributed by atoms with Gasteiger partial charge >= 0.3 is 0 Å². The molecule has 1 atom stereocenters. The van der Waals surface area contributed by atoms with Crippen LogP contribution in [0.3, 0.4) is 0 Å². The van der Waals surface area contributed by atoms with Crippen LogP contribution in [0.25, 0.3) is 0 Å². The Morgan fingerprint density at radius 3 is 2.68 bits per heavy atom. The molecule has 0 saturated heterocycles. The largest absolute Gasteiger partial charge is 0.326 e. The molecule has 3 heterocycles. The van der Waals surface area contributed by atoms with Gasteiger partial charge in [-0.3, -0.25) is 9.78 Å². The van der Waals surface area contributed by atoms with Crippen LogP contribution < -0.4 is 10.6 Å². The van der Waals surface area contributed by atoms with Gasteiger partial charge in [-0.2, -0.15) is 4.68 Å². The summed E-state index contributed by atoms with van der Waals surface area (Å²) in [5, 5.41) is 17.8. The molecule has 0 saturated carbocycles. The van der Waals surface area contributed by atoms with Gasteiger partial charge in [0, 0.05) is 23.8 Å². The molecule has 1 amide bonds. The molecule has 0 fully saturated rings. The number of allylic oxidation sites excluding steroid dienone is 1. The van der Waals surface area contributed by atoms with Gasteiger partial charge in [-0.15, -0.1) is 0 Å². The fourth-order valence-electron chi connectivity index (χ4n) is 2.88. The lowest BCUT2D eigenvalue weighted by molar-refractivity contribution is -0.113. The molecule has 2 N–H and O–H groups in total. The van der Waals surface area contributed by atoms with Gasteiger partial charge in [0.05, 0.1) is 5.57 Å². The van der Waals surface area contributed by atoms with Crippen molar-refractivity contribution in [1.82, 2.24) is 25.2 Å². The molecule has 3 aromatic rings. The summed E-state index contributed by atoms with van der Waals surface area (Å²) in [7, 11) is 0. The molecule has 1 aliphatic heterocycles. The van der Waals surface area contributed by atoms with Crippen molar-refractivity contribution in [3.05, 3.63) is 71.7 Å². The van der Waals surface area contributed by atoms with Gasteiger partial charge in [-0.1, -0.05) is 23.3 Å².